The Kier molecular flexibility index (Phi) is 7.37. The van der Waals surface area contributed by atoms with Gasteiger partial charge in [0.15, 0.2) is 6.61 Å². The molecule has 0 aliphatic carbocycles. The van der Waals surface area contributed by atoms with Crippen LogP contribution in [0.25, 0.3) is 10.8 Å². The van der Waals surface area contributed by atoms with Gasteiger partial charge in [-0.05, 0) is 54.1 Å². The van der Waals surface area contributed by atoms with Gasteiger partial charge in [-0.3, -0.25) is 9.59 Å². The Labute approximate surface area is 203 Å². The molecule has 7 heteroatoms. The van der Waals surface area contributed by atoms with Crippen LogP contribution in [0.15, 0.2) is 90.0 Å². The molecule has 0 saturated heterocycles. The largest absolute Gasteiger partial charge is 0.496 e. The lowest BCUT2D eigenvalue weighted by atomic mass is 10.1. The Hall–Kier alpha value is -4.65. The summed E-state index contributed by atoms with van der Waals surface area (Å²) in [6.07, 6.45) is 1.47. The number of carbonyl (C=O) groups is 2. The third-order valence-electron chi connectivity index (χ3n) is 5.30. The van der Waals surface area contributed by atoms with Crippen LogP contribution in [-0.4, -0.2) is 31.7 Å². The Morgan fingerprint density at radius 2 is 1.57 bits per heavy atom. The highest BCUT2D eigenvalue weighted by atomic mass is 16.5. The third-order valence-corrected chi connectivity index (χ3v) is 5.30. The van der Waals surface area contributed by atoms with Crippen LogP contribution >= 0.6 is 0 Å². The summed E-state index contributed by atoms with van der Waals surface area (Å²) in [5, 5.41) is 8.76. The first-order chi connectivity index (χ1) is 17.0. The molecule has 2 amide bonds. The van der Waals surface area contributed by atoms with E-state index in [4.69, 9.17) is 9.47 Å². The molecule has 176 valence electrons. The molecule has 0 radical (unpaired) electrons. The van der Waals surface area contributed by atoms with Crippen molar-refractivity contribution in [1.29, 1.82) is 0 Å². The number of amides is 2. The second-order valence-electron chi connectivity index (χ2n) is 7.84. The van der Waals surface area contributed by atoms with Crippen molar-refractivity contribution >= 4 is 34.5 Å². The van der Waals surface area contributed by atoms with Crippen molar-refractivity contribution in [3.8, 4) is 11.5 Å². The summed E-state index contributed by atoms with van der Waals surface area (Å²) in [5.41, 5.74) is 5.33. The smallest absolute Gasteiger partial charge is 0.275 e. The summed E-state index contributed by atoms with van der Waals surface area (Å²) >= 11 is 0. The van der Waals surface area contributed by atoms with E-state index in [1.54, 1.807) is 24.3 Å². The van der Waals surface area contributed by atoms with Crippen molar-refractivity contribution in [2.24, 2.45) is 5.10 Å². The molecule has 0 atom stereocenters. The molecule has 0 saturated carbocycles. The molecule has 0 unspecified atom stereocenters. The number of methoxy groups -OCH3 is 1. The SMILES string of the molecule is COc1cc2ccccc2cc1C(=O)NN=Cc1ccccc1OCC(=O)Nc1ccc(C)cc1. The van der Waals surface area contributed by atoms with E-state index in [1.807, 2.05) is 67.6 Å². The number of hydrazone groups is 1. The molecule has 0 aromatic heterocycles. The lowest BCUT2D eigenvalue weighted by Gasteiger charge is -2.10. The van der Waals surface area contributed by atoms with Crippen LogP contribution in [0, 0.1) is 6.92 Å². The number of aryl methyl sites for hydroxylation is 1. The number of hydrogen-bond acceptors (Lipinski definition) is 5. The molecule has 0 aliphatic rings. The molecule has 4 aromatic rings. The number of nitrogens with zero attached hydrogens (tertiary/aromatic N) is 1. The fourth-order valence-electron chi connectivity index (χ4n) is 3.48. The maximum Gasteiger partial charge on any atom is 0.275 e. The van der Waals surface area contributed by atoms with Gasteiger partial charge in [-0.15, -0.1) is 0 Å². The Balaban J connectivity index is 1.40. The van der Waals surface area contributed by atoms with Gasteiger partial charge in [-0.2, -0.15) is 5.10 Å². The van der Waals surface area contributed by atoms with Crippen molar-refractivity contribution < 1.29 is 19.1 Å². The lowest BCUT2D eigenvalue weighted by Crippen LogP contribution is -2.20. The Morgan fingerprint density at radius 1 is 0.886 bits per heavy atom. The number of carbonyl (C=O) groups excluding carboxylic acids is 2. The molecular weight excluding hydrogens is 442 g/mol. The summed E-state index contributed by atoms with van der Waals surface area (Å²) < 4.78 is 11.1. The van der Waals surface area contributed by atoms with Gasteiger partial charge in [-0.25, -0.2) is 5.43 Å². The second kappa shape index (κ2) is 11.0. The van der Waals surface area contributed by atoms with E-state index >= 15 is 0 Å². The molecule has 0 aliphatic heterocycles. The van der Waals surface area contributed by atoms with Crippen LogP contribution in [0.5, 0.6) is 11.5 Å². The summed E-state index contributed by atoms with van der Waals surface area (Å²) in [6, 6.07) is 25.9. The number of rotatable bonds is 8. The highest BCUT2D eigenvalue weighted by Gasteiger charge is 2.13. The van der Waals surface area contributed by atoms with Gasteiger partial charge >= 0.3 is 0 Å². The van der Waals surface area contributed by atoms with Gasteiger partial charge < -0.3 is 14.8 Å². The quantitative estimate of drug-likeness (QED) is 0.284. The fourth-order valence-corrected chi connectivity index (χ4v) is 3.48. The monoisotopic (exact) mass is 467 g/mol. The molecule has 0 spiro atoms. The van der Waals surface area contributed by atoms with Crippen molar-refractivity contribution in [1.82, 2.24) is 5.43 Å². The van der Waals surface area contributed by atoms with E-state index in [2.05, 4.69) is 15.8 Å². The standard InChI is InChI=1S/C28H25N3O4/c1-19-11-13-23(14-12-19)30-27(32)18-35-25-10-6-5-9-22(25)17-29-31-28(33)24-15-20-7-3-4-8-21(20)16-26(24)34-2/h3-17H,18H2,1-2H3,(H,30,32)(H,31,33). The predicted octanol–water partition coefficient (Wildman–Crippen LogP) is 4.94. The zero-order chi connectivity index (χ0) is 24.6. The fraction of sp³-hybridized carbons (Fsp3) is 0.107. The molecule has 7 nitrogen and oxygen atoms in total. The molecule has 2 N–H and O–H groups in total. The maximum atomic E-state index is 12.8. The summed E-state index contributed by atoms with van der Waals surface area (Å²) in [7, 11) is 1.52. The van der Waals surface area contributed by atoms with Gasteiger partial charge in [0.05, 0.1) is 18.9 Å². The number of ether oxygens (including phenoxy) is 2. The molecule has 0 heterocycles. The van der Waals surface area contributed by atoms with Crippen LogP contribution in [-0.2, 0) is 4.79 Å². The van der Waals surface area contributed by atoms with Crippen LogP contribution in [0.4, 0.5) is 5.69 Å². The summed E-state index contributed by atoms with van der Waals surface area (Å²) in [6.45, 7) is 1.81. The van der Waals surface area contributed by atoms with Crippen LogP contribution in [0.1, 0.15) is 21.5 Å². The number of anilines is 1. The molecular formula is C28H25N3O4. The molecule has 35 heavy (non-hydrogen) atoms. The topological polar surface area (TPSA) is 89.0 Å². The number of hydrogen-bond donors (Lipinski definition) is 2. The van der Waals surface area contributed by atoms with Gasteiger partial charge in [0.2, 0.25) is 0 Å². The number of para-hydroxylation sites is 1. The first kappa shape index (κ1) is 23.5. The van der Waals surface area contributed by atoms with E-state index < -0.39 is 5.91 Å². The minimum atomic E-state index is -0.403. The van der Waals surface area contributed by atoms with Gasteiger partial charge in [-0.1, -0.05) is 54.1 Å². The van der Waals surface area contributed by atoms with E-state index in [9.17, 15) is 9.59 Å². The minimum absolute atomic E-state index is 0.167. The first-order valence-corrected chi connectivity index (χ1v) is 11.0. The average Bonchev–Trinajstić information content (AvgIpc) is 2.88. The zero-order valence-electron chi connectivity index (χ0n) is 19.4. The highest BCUT2D eigenvalue weighted by molar-refractivity contribution is 6.02. The third kappa shape index (κ3) is 6.03. The summed E-state index contributed by atoms with van der Waals surface area (Å²) in [4.78, 5) is 25.0. The van der Waals surface area contributed by atoms with E-state index in [-0.39, 0.29) is 12.5 Å². The van der Waals surface area contributed by atoms with Crippen molar-refractivity contribution in [3.05, 3.63) is 102 Å². The molecule has 0 fully saturated rings. The maximum absolute atomic E-state index is 12.8. The van der Waals surface area contributed by atoms with Crippen molar-refractivity contribution in [2.45, 2.75) is 6.92 Å². The lowest BCUT2D eigenvalue weighted by molar-refractivity contribution is -0.118. The van der Waals surface area contributed by atoms with Crippen molar-refractivity contribution in [3.63, 3.8) is 0 Å². The normalized spacial score (nSPS) is 10.8. The van der Waals surface area contributed by atoms with E-state index in [1.165, 1.54) is 13.3 Å². The second-order valence-corrected chi connectivity index (χ2v) is 7.84. The van der Waals surface area contributed by atoms with Crippen LogP contribution in [0.2, 0.25) is 0 Å². The van der Waals surface area contributed by atoms with Crippen LogP contribution in [0.3, 0.4) is 0 Å². The molecule has 4 rings (SSSR count). The zero-order valence-corrected chi connectivity index (χ0v) is 19.4. The van der Waals surface area contributed by atoms with Crippen molar-refractivity contribution in [2.75, 3.05) is 19.0 Å². The van der Waals surface area contributed by atoms with E-state index in [0.717, 1.165) is 16.3 Å². The van der Waals surface area contributed by atoms with Gasteiger partial charge in [0.25, 0.3) is 11.8 Å². The van der Waals surface area contributed by atoms with Gasteiger partial charge in [0.1, 0.15) is 11.5 Å². The predicted molar refractivity (Wildman–Crippen MR) is 137 cm³/mol. The molecule has 4 aromatic carbocycles. The summed E-state index contributed by atoms with van der Waals surface area (Å²) in [5.74, 6) is 0.240. The number of nitrogens with one attached hydrogen (secondary N) is 2. The average molecular weight is 468 g/mol. The highest BCUT2D eigenvalue weighted by Crippen LogP contribution is 2.26. The number of benzene rings is 4. The first-order valence-electron chi connectivity index (χ1n) is 11.0. The van der Waals surface area contributed by atoms with Gasteiger partial charge in [0, 0.05) is 11.3 Å². The van der Waals surface area contributed by atoms with E-state index in [0.29, 0.717) is 28.3 Å². The number of fused-ring (bicyclic) bond motifs is 1. The Morgan fingerprint density at radius 3 is 2.31 bits per heavy atom. The van der Waals surface area contributed by atoms with Crippen LogP contribution < -0.4 is 20.2 Å². The molecule has 0 bridgehead atoms. The minimum Gasteiger partial charge on any atom is -0.496 e. The Bertz CT molecular complexity index is 1380.